The Kier molecular flexibility index (Phi) is 7.42. The predicted molar refractivity (Wildman–Crippen MR) is 135 cm³/mol. The minimum Gasteiger partial charge on any atom is -0.496 e. The highest BCUT2D eigenvalue weighted by Crippen LogP contribution is 2.25. The average molecular weight is 464 g/mol. The molecule has 3 aromatic rings. The number of aryl methyl sites for hydroxylation is 1. The van der Waals surface area contributed by atoms with Crippen LogP contribution in [0.1, 0.15) is 21.5 Å². The molecule has 0 amide bonds. The van der Waals surface area contributed by atoms with Crippen LogP contribution in [0, 0.1) is 6.92 Å². The van der Waals surface area contributed by atoms with Crippen molar-refractivity contribution in [3.63, 3.8) is 0 Å². The van der Waals surface area contributed by atoms with Gasteiger partial charge in [-0.2, -0.15) is 0 Å². The van der Waals surface area contributed by atoms with Crippen molar-refractivity contribution in [1.29, 1.82) is 0 Å². The highest BCUT2D eigenvalue weighted by molar-refractivity contribution is 8.00. The first-order valence-electron chi connectivity index (χ1n) is 11.0. The number of hydrogen-bond acceptors (Lipinski definition) is 6. The van der Waals surface area contributed by atoms with Gasteiger partial charge in [0.1, 0.15) is 11.3 Å². The summed E-state index contributed by atoms with van der Waals surface area (Å²) in [7, 11) is 1.49. The number of ether oxygens (including phenoxy) is 1. The molecule has 0 aliphatic carbocycles. The number of carbonyl (C=O) groups is 1. The Balaban J connectivity index is 1.28. The molecule has 1 aliphatic heterocycles. The van der Waals surface area contributed by atoms with Crippen LogP contribution in [0.15, 0.2) is 71.6 Å². The van der Waals surface area contributed by atoms with Crippen molar-refractivity contribution in [2.45, 2.75) is 18.4 Å². The van der Waals surface area contributed by atoms with Crippen molar-refractivity contribution in [3.05, 3.63) is 83.4 Å². The summed E-state index contributed by atoms with van der Waals surface area (Å²) >= 11 is 1.61. The maximum Gasteiger partial charge on any atom is 0.339 e. The first kappa shape index (κ1) is 23.0. The number of methoxy groups -OCH3 is 1. The molecule has 7 heteroatoms. The summed E-state index contributed by atoms with van der Waals surface area (Å²) in [5, 5.41) is 9.40. The summed E-state index contributed by atoms with van der Waals surface area (Å²) < 4.78 is 8.56. The molecule has 1 heterocycles. The van der Waals surface area contributed by atoms with E-state index in [2.05, 4.69) is 70.0 Å². The molecule has 0 spiro atoms. The Hall–Kier alpha value is -3.16. The Bertz CT molecular complexity index is 1080. The lowest BCUT2D eigenvalue weighted by atomic mass is 10.1. The minimum atomic E-state index is -0.964. The van der Waals surface area contributed by atoms with Crippen LogP contribution in [-0.4, -0.2) is 49.3 Å². The van der Waals surface area contributed by atoms with Gasteiger partial charge in [0.15, 0.2) is 0 Å². The molecule has 0 saturated carbocycles. The maximum absolute atomic E-state index is 11.5. The number of carboxylic acids is 1. The van der Waals surface area contributed by atoms with Crippen molar-refractivity contribution in [2.75, 3.05) is 42.9 Å². The number of nitrogens with one attached hydrogen (secondary N) is 1. The zero-order valence-corrected chi connectivity index (χ0v) is 19.8. The van der Waals surface area contributed by atoms with Crippen molar-refractivity contribution in [3.8, 4) is 5.75 Å². The lowest BCUT2D eigenvalue weighted by molar-refractivity contribution is 0.0693. The Morgan fingerprint density at radius 1 is 1.00 bits per heavy atom. The van der Waals surface area contributed by atoms with E-state index in [1.165, 1.54) is 23.3 Å². The van der Waals surface area contributed by atoms with Gasteiger partial charge in [0.05, 0.1) is 7.11 Å². The lowest BCUT2D eigenvalue weighted by Gasteiger charge is -2.36. The van der Waals surface area contributed by atoms with E-state index in [4.69, 9.17) is 4.74 Å². The number of hydrogen-bond donors (Lipinski definition) is 2. The number of carboxylic acid groups (broad SMARTS) is 1. The molecule has 4 rings (SSSR count). The summed E-state index contributed by atoms with van der Waals surface area (Å²) in [6.07, 6.45) is 0. The van der Waals surface area contributed by atoms with Gasteiger partial charge in [-0.15, -0.1) is 0 Å². The quantitative estimate of drug-likeness (QED) is 0.448. The molecule has 0 aromatic heterocycles. The van der Waals surface area contributed by atoms with E-state index in [0.29, 0.717) is 5.75 Å². The fraction of sp³-hybridized carbons (Fsp3) is 0.269. The molecule has 2 N–H and O–H groups in total. The van der Waals surface area contributed by atoms with Crippen LogP contribution in [0.4, 0.5) is 11.4 Å². The third kappa shape index (κ3) is 6.00. The molecular weight excluding hydrogens is 434 g/mol. The van der Waals surface area contributed by atoms with Gasteiger partial charge in [0.25, 0.3) is 0 Å². The van der Waals surface area contributed by atoms with Crippen molar-refractivity contribution >= 4 is 29.3 Å². The van der Waals surface area contributed by atoms with E-state index in [1.54, 1.807) is 24.1 Å². The van der Waals surface area contributed by atoms with Crippen molar-refractivity contribution in [2.24, 2.45) is 0 Å². The molecule has 6 nitrogen and oxygen atoms in total. The van der Waals surface area contributed by atoms with Crippen LogP contribution in [0.5, 0.6) is 5.75 Å². The van der Waals surface area contributed by atoms with E-state index in [-0.39, 0.29) is 5.56 Å². The van der Waals surface area contributed by atoms with Gasteiger partial charge >= 0.3 is 5.97 Å². The molecule has 1 fully saturated rings. The van der Waals surface area contributed by atoms with Gasteiger partial charge in [-0.1, -0.05) is 23.8 Å². The maximum atomic E-state index is 11.5. The second-order valence-electron chi connectivity index (χ2n) is 8.17. The summed E-state index contributed by atoms with van der Waals surface area (Å²) in [6, 6.07) is 22.4. The largest absolute Gasteiger partial charge is 0.496 e. The normalized spacial score (nSPS) is 14.2. The predicted octanol–water partition coefficient (Wildman–Crippen LogP) is 5.14. The highest BCUT2D eigenvalue weighted by Gasteiger charge is 2.19. The molecule has 172 valence electrons. The van der Waals surface area contributed by atoms with Crippen LogP contribution in [0.25, 0.3) is 0 Å². The van der Waals surface area contributed by atoms with Crippen LogP contribution in [-0.2, 0) is 6.54 Å². The third-order valence-corrected chi connectivity index (χ3v) is 6.66. The van der Waals surface area contributed by atoms with E-state index in [9.17, 15) is 9.90 Å². The Morgan fingerprint density at radius 2 is 1.70 bits per heavy atom. The molecule has 0 unspecified atom stereocenters. The van der Waals surface area contributed by atoms with Gasteiger partial charge < -0.3 is 19.5 Å². The number of piperazine rings is 1. The average Bonchev–Trinajstić information content (AvgIpc) is 2.84. The molecule has 0 atom stereocenters. The second-order valence-corrected chi connectivity index (χ2v) is 9.05. The van der Waals surface area contributed by atoms with Crippen LogP contribution in [0.3, 0.4) is 0 Å². The Morgan fingerprint density at radius 3 is 2.33 bits per heavy atom. The monoisotopic (exact) mass is 463 g/mol. The zero-order valence-electron chi connectivity index (χ0n) is 19.0. The number of nitrogens with zero attached hydrogens (tertiary/aromatic N) is 2. The fourth-order valence-corrected chi connectivity index (χ4v) is 4.55. The van der Waals surface area contributed by atoms with Crippen LogP contribution >= 0.6 is 11.9 Å². The highest BCUT2D eigenvalue weighted by atomic mass is 32.2. The third-order valence-electron chi connectivity index (χ3n) is 5.81. The van der Waals surface area contributed by atoms with Crippen molar-refractivity contribution < 1.29 is 14.6 Å². The molecule has 1 saturated heterocycles. The van der Waals surface area contributed by atoms with E-state index in [1.807, 2.05) is 6.07 Å². The first-order valence-corrected chi connectivity index (χ1v) is 11.8. The van der Waals surface area contributed by atoms with Gasteiger partial charge in [0, 0.05) is 49.0 Å². The van der Waals surface area contributed by atoms with Gasteiger partial charge in [-0.3, -0.25) is 4.90 Å². The zero-order chi connectivity index (χ0) is 23.2. The SMILES string of the molecule is COc1ccc(CN2CCN(c3ccc(NSc4ccc(C)cc4)cc3)CC2)cc1C(=O)O. The number of aromatic carboxylic acids is 1. The number of rotatable bonds is 8. The smallest absolute Gasteiger partial charge is 0.339 e. The molecule has 1 aliphatic rings. The van der Waals surface area contributed by atoms with Crippen LogP contribution < -0.4 is 14.4 Å². The topological polar surface area (TPSA) is 65.0 Å². The van der Waals surface area contributed by atoms with E-state index < -0.39 is 5.97 Å². The molecule has 0 radical (unpaired) electrons. The minimum absolute atomic E-state index is 0.211. The molecule has 3 aromatic carbocycles. The van der Waals surface area contributed by atoms with Crippen LogP contribution in [0.2, 0.25) is 0 Å². The Labute approximate surface area is 199 Å². The summed E-state index contributed by atoms with van der Waals surface area (Å²) in [5.74, 6) is -0.569. The molecule has 0 bridgehead atoms. The number of benzene rings is 3. The van der Waals surface area contributed by atoms with Gasteiger partial charge in [-0.25, -0.2) is 4.79 Å². The second kappa shape index (κ2) is 10.6. The van der Waals surface area contributed by atoms with Gasteiger partial charge in [0.2, 0.25) is 0 Å². The summed E-state index contributed by atoms with van der Waals surface area (Å²) in [5.41, 5.74) is 4.76. The summed E-state index contributed by atoms with van der Waals surface area (Å²) in [6.45, 7) is 6.56. The first-order chi connectivity index (χ1) is 16.0. The fourth-order valence-electron chi connectivity index (χ4n) is 3.91. The molecule has 33 heavy (non-hydrogen) atoms. The summed E-state index contributed by atoms with van der Waals surface area (Å²) in [4.78, 5) is 17.4. The molecular formula is C26H29N3O3S. The lowest BCUT2D eigenvalue weighted by Crippen LogP contribution is -2.45. The van der Waals surface area contributed by atoms with E-state index >= 15 is 0 Å². The van der Waals surface area contributed by atoms with Gasteiger partial charge in [-0.05, 0) is 73.0 Å². The standard InChI is InChI=1S/C26H29N3O3S/c1-19-3-10-23(11-4-19)33-27-21-6-8-22(9-7-21)29-15-13-28(14-16-29)18-20-5-12-25(32-2)24(17-20)26(30)31/h3-12,17,27H,13-16,18H2,1-2H3,(H,30,31). The number of anilines is 2. The van der Waals surface area contributed by atoms with Crippen molar-refractivity contribution in [1.82, 2.24) is 4.90 Å². The van der Waals surface area contributed by atoms with E-state index in [0.717, 1.165) is 44.0 Å².